The molecule has 4 nitrogen and oxygen atoms in total. The number of amides is 2. The molecule has 0 aliphatic carbocycles. The van der Waals surface area contributed by atoms with Crippen LogP contribution in [-0.2, 0) is 16.1 Å². The number of hydrogen-bond donors (Lipinski definition) is 2. The molecule has 2 aromatic carbocycles. The maximum absolute atomic E-state index is 11.8. The van der Waals surface area contributed by atoms with Crippen molar-refractivity contribution >= 4 is 17.5 Å². The highest BCUT2D eigenvalue weighted by Gasteiger charge is 2.13. The highest BCUT2D eigenvalue weighted by atomic mass is 16.2. The summed E-state index contributed by atoms with van der Waals surface area (Å²) in [6.07, 6.45) is 0. The molecule has 0 heterocycles. The summed E-state index contributed by atoms with van der Waals surface area (Å²) in [5, 5.41) is 5.21. The molecule has 2 aromatic rings. The molecule has 0 atom stereocenters. The predicted octanol–water partition coefficient (Wildman–Crippen LogP) is 2.56. The second-order valence-electron chi connectivity index (χ2n) is 4.94. The smallest absolute Gasteiger partial charge is 0.313 e. The molecule has 0 aromatic heterocycles. The van der Waals surface area contributed by atoms with Gasteiger partial charge in [-0.25, -0.2) is 0 Å². The van der Waals surface area contributed by atoms with Crippen LogP contribution in [0.25, 0.3) is 0 Å². The first kappa shape index (κ1) is 14.8. The van der Waals surface area contributed by atoms with Gasteiger partial charge in [-0.15, -0.1) is 0 Å². The SMILES string of the molecule is Cc1ccc(CNC(=O)C(=O)Nc2ccccc2C)cc1. The number of rotatable bonds is 3. The first-order chi connectivity index (χ1) is 10.1. The van der Waals surface area contributed by atoms with E-state index in [1.54, 1.807) is 6.07 Å². The van der Waals surface area contributed by atoms with E-state index in [4.69, 9.17) is 0 Å². The molecular formula is C17H18N2O2. The molecule has 108 valence electrons. The largest absolute Gasteiger partial charge is 0.344 e. The van der Waals surface area contributed by atoms with Gasteiger partial charge < -0.3 is 10.6 Å². The van der Waals surface area contributed by atoms with Gasteiger partial charge in [-0.3, -0.25) is 9.59 Å². The lowest BCUT2D eigenvalue weighted by atomic mass is 10.1. The van der Waals surface area contributed by atoms with Crippen molar-refractivity contribution in [1.82, 2.24) is 5.32 Å². The Labute approximate surface area is 124 Å². The van der Waals surface area contributed by atoms with Crippen LogP contribution in [0, 0.1) is 13.8 Å². The van der Waals surface area contributed by atoms with Gasteiger partial charge in [-0.1, -0.05) is 48.0 Å². The van der Waals surface area contributed by atoms with Crippen molar-refractivity contribution < 1.29 is 9.59 Å². The first-order valence-electron chi connectivity index (χ1n) is 6.76. The summed E-state index contributed by atoms with van der Waals surface area (Å²) in [7, 11) is 0. The van der Waals surface area contributed by atoms with Gasteiger partial charge in [0.05, 0.1) is 0 Å². The van der Waals surface area contributed by atoms with Crippen LogP contribution in [0.3, 0.4) is 0 Å². The number of nitrogens with one attached hydrogen (secondary N) is 2. The van der Waals surface area contributed by atoms with Crippen LogP contribution >= 0.6 is 0 Å². The van der Waals surface area contributed by atoms with Gasteiger partial charge in [0.1, 0.15) is 0 Å². The molecule has 0 saturated heterocycles. The van der Waals surface area contributed by atoms with Gasteiger partial charge in [0.25, 0.3) is 0 Å². The third kappa shape index (κ3) is 4.18. The second kappa shape index (κ2) is 6.70. The van der Waals surface area contributed by atoms with Gasteiger partial charge in [-0.05, 0) is 31.0 Å². The molecule has 4 heteroatoms. The minimum absolute atomic E-state index is 0.334. The summed E-state index contributed by atoms with van der Waals surface area (Å²) < 4.78 is 0. The van der Waals surface area contributed by atoms with Crippen molar-refractivity contribution in [2.24, 2.45) is 0 Å². The van der Waals surface area contributed by atoms with Crippen LogP contribution in [-0.4, -0.2) is 11.8 Å². The summed E-state index contributed by atoms with van der Waals surface area (Å²) in [6, 6.07) is 15.1. The summed E-state index contributed by atoms with van der Waals surface area (Å²) in [5.74, 6) is -1.30. The fraction of sp³-hybridized carbons (Fsp3) is 0.176. The molecule has 0 saturated carbocycles. The third-order valence-electron chi connectivity index (χ3n) is 3.17. The zero-order valence-electron chi connectivity index (χ0n) is 12.1. The van der Waals surface area contributed by atoms with Gasteiger partial charge >= 0.3 is 11.8 Å². The molecule has 2 N–H and O–H groups in total. The molecule has 2 rings (SSSR count). The molecule has 0 bridgehead atoms. The number of benzene rings is 2. The second-order valence-corrected chi connectivity index (χ2v) is 4.94. The van der Waals surface area contributed by atoms with Crippen molar-refractivity contribution in [3.05, 3.63) is 65.2 Å². The molecule has 0 unspecified atom stereocenters. The van der Waals surface area contributed by atoms with E-state index in [2.05, 4.69) is 10.6 Å². The summed E-state index contributed by atoms with van der Waals surface area (Å²) in [5.41, 5.74) is 3.67. The van der Waals surface area contributed by atoms with Crippen LogP contribution in [0.5, 0.6) is 0 Å². The fourth-order valence-corrected chi connectivity index (χ4v) is 1.86. The Balaban J connectivity index is 1.90. The predicted molar refractivity (Wildman–Crippen MR) is 82.8 cm³/mol. The molecule has 0 spiro atoms. The Morgan fingerprint density at radius 2 is 1.57 bits per heavy atom. The first-order valence-corrected chi connectivity index (χ1v) is 6.76. The quantitative estimate of drug-likeness (QED) is 0.850. The zero-order valence-corrected chi connectivity index (χ0v) is 12.1. The van der Waals surface area contributed by atoms with Crippen LogP contribution in [0.1, 0.15) is 16.7 Å². The normalized spacial score (nSPS) is 10.0. The Kier molecular flexibility index (Phi) is 4.72. The summed E-state index contributed by atoms with van der Waals surface area (Å²) >= 11 is 0. The number of para-hydroxylation sites is 1. The van der Waals surface area contributed by atoms with E-state index in [-0.39, 0.29) is 0 Å². The highest BCUT2D eigenvalue weighted by Crippen LogP contribution is 2.12. The lowest BCUT2D eigenvalue weighted by Gasteiger charge is -2.08. The minimum atomic E-state index is -0.656. The van der Waals surface area contributed by atoms with Crippen LogP contribution in [0.4, 0.5) is 5.69 Å². The van der Waals surface area contributed by atoms with Crippen molar-refractivity contribution in [1.29, 1.82) is 0 Å². The number of carbonyl (C=O) groups is 2. The van der Waals surface area contributed by atoms with E-state index >= 15 is 0 Å². The Morgan fingerprint density at radius 1 is 0.905 bits per heavy atom. The van der Waals surface area contributed by atoms with Crippen molar-refractivity contribution in [2.75, 3.05) is 5.32 Å². The standard InChI is InChI=1S/C17H18N2O2/c1-12-7-9-14(10-8-12)11-18-16(20)17(21)19-15-6-4-3-5-13(15)2/h3-10H,11H2,1-2H3,(H,18,20)(H,19,21). The zero-order chi connectivity index (χ0) is 15.2. The highest BCUT2D eigenvalue weighted by molar-refractivity contribution is 6.39. The number of anilines is 1. The molecule has 0 fully saturated rings. The molecule has 2 amide bonds. The van der Waals surface area contributed by atoms with Crippen LogP contribution in [0.2, 0.25) is 0 Å². The average Bonchev–Trinajstić information content (AvgIpc) is 2.48. The van der Waals surface area contributed by atoms with Gasteiger partial charge in [-0.2, -0.15) is 0 Å². The lowest BCUT2D eigenvalue weighted by molar-refractivity contribution is -0.136. The third-order valence-corrected chi connectivity index (χ3v) is 3.17. The average molecular weight is 282 g/mol. The van der Waals surface area contributed by atoms with Crippen molar-refractivity contribution in [3.63, 3.8) is 0 Å². The molecule has 0 radical (unpaired) electrons. The van der Waals surface area contributed by atoms with Crippen molar-refractivity contribution in [3.8, 4) is 0 Å². The van der Waals surface area contributed by atoms with Crippen LogP contribution < -0.4 is 10.6 Å². The maximum Gasteiger partial charge on any atom is 0.313 e. The minimum Gasteiger partial charge on any atom is -0.344 e. The van der Waals surface area contributed by atoms with Gasteiger partial charge in [0.15, 0.2) is 0 Å². The summed E-state index contributed by atoms with van der Waals surface area (Å²) in [6.45, 7) is 4.21. The van der Waals surface area contributed by atoms with Gasteiger partial charge in [0, 0.05) is 12.2 Å². The van der Waals surface area contributed by atoms with Crippen molar-refractivity contribution in [2.45, 2.75) is 20.4 Å². The van der Waals surface area contributed by atoms with E-state index in [1.807, 2.05) is 56.3 Å². The number of carbonyl (C=O) groups excluding carboxylic acids is 2. The van der Waals surface area contributed by atoms with E-state index in [0.717, 1.165) is 16.7 Å². The summed E-state index contributed by atoms with van der Waals surface area (Å²) in [4.78, 5) is 23.6. The molecule has 21 heavy (non-hydrogen) atoms. The molecular weight excluding hydrogens is 264 g/mol. The topological polar surface area (TPSA) is 58.2 Å². The fourth-order valence-electron chi connectivity index (χ4n) is 1.86. The Bertz CT molecular complexity index is 648. The number of hydrogen-bond acceptors (Lipinski definition) is 2. The van der Waals surface area contributed by atoms with E-state index in [9.17, 15) is 9.59 Å². The lowest BCUT2D eigenvalue weighted by Crippen LogP contribution is -2.35. The Hall–Kier alpha value is -2.62. The van der Waals surface area contributed by atoms with Crippen LogP contribution in [0.15, 0.2) is 48.5 Å². The van der Waals surface area contributed by atoms with E-state index in [1.165, 1.54) is 0 Å². The molecule has 0 aliphatic rings. The maximum atomic E-state index is 11.8. The number of aryl methyl sites for hydroxylation is 2. The van der Waals surface area contributed by atoms with E-state index in [0.29, 0.717) is 12.2 Å². The monoisotopic (exact) mass is 282 g/mol. The Morgan fingerprint density at radius 3 is 2.24 bits per heavy atom. The molecule has 0 aliphatic heterocycles. The van der Waals surface area contributed by atoms with Gasteiger partial charge in [0.2, 0.25) is 0 Å². The van der Waals surface area contributed by atoms with E-state index < -0.39 is 11.8 Å².